The number of aryl methyl sites for hydroxylation is 1. The highest BCUT2D eigenvalue weighted by atomic mass is 31.1. The molecule has 2 heterocycles. The SMILES string of the molecule is COc1ccc(C(OC[C@H]2O[C@@H](n3cc(C)c(=O)[nH]c3=O)C[C@@H]2O[P+](=O)OCCCN)(c2ccccc2)c2ccc(OC)cc2)cc1. The van der Waals surface area contributed by atoms with Gasteiger partial charge in [0.25, 0.3) is 5.56 Å². The van der Waals surface area contributed by atoms with Crippen molar-refractivity contribution in [1.82, 2.24) is 9.55 Å². The number of nitrogens with zero attached hydrogens (tertiary/aromatic N) is 1. The third-order valence-corrected chi connectivity index (χ3v) is 8.88. The number of nitrogens with one attached hydrogen (secondary N) is 1. The van der Waals surface area contributed by atoms with Gasteiger partial charge in [-0.25, -0.2) is 4.79 Å². The summed E-state index contributed by atoms with van der Waals surface area (Å²) >= 11 is 0. The van der Waals surface area contributed by atoms with Gasteiger partial charge in [0.1, 0.15) is 42.1 Å². The Morgan fingerprint density at radius 1 is 0.936 bits per heavy atom. The number of methoxy groups -OCH3 is 2. The maximum absolute atomic E-state index is 12.8. The summed E-state index contributed by atoms with van der Waals surface area (Å²) in [5.74, 6) is 1.36. The van der Waals surface area contributed by atoms with Crippen molar-refractivity contribution in [2.45, 2.75) is 43.8 Å². The van der Waals surface area contributed by atoms with E-state index in [1.165, 1.54) is 10.8 Å². The zero-order valence-corrected chi connectivity index (χ0v) is 27.4. The standard InChI is InChI=1S/C34H38N3O9P/c1-23-21-37(33(39)36-32(23)38)31-20-29(46-47(40)44-19-7-18-35)30(45-31)22-43-34(24-8-5-4-6-9-24,25-10-14-27(41-2)15-11-25)26-12-16-28(42-3)17-13-26/h4-6,8-17,21,29-31H,7,18-20,22,35H2,1-3H3/p+1/t29-,30+,31+/m0/s1. The minimum Gasteiger partial charge on any atom is -0.497 e. The second-order valence-corrected chi connectivity index (χ2v) is 11.9. The molecule has 5 rings (SSSR count). The smallest absolute Gasteiger partial charge is 0.497 e. The van der Waals surface area contributed by atoms with Crippen LogP contribution in [0.15, 0.2) is 94.6 Å². The Morgan fingerprint density at radius 2 is 1.53 bits per heavy atom. The van der Waals surface area contributed by atoms with E-state index in [1.54, 1.807) is 21.1 Å². The minimum absolute atomic E-state index is 0.0445. The molecule has 0 aliphatic carbocycles. The molecule has 0 amide bonds. The van der Waals surface area contributed by atoms with Gasteiger partial charge in [0.2, 0.25) is 0 Å². The van der Waals surface area contributed by atoms with Crippen LogP contribution >= 0.6 is 8.25 Å². The van der Waals surface area contributed by atoms with Crippen LogP contribution in [0.25, 0.3) is 0 Å². The number of ether oxygens (including phenoxy) is 4. The van der Waals surface area contributed by atoms with E-state index >= 15 is 0 Å². The summed E-state index contributed by atoms with van der Waals surface area (Å²) in [4.78, 5) is 27.2. The van der Waals surface area contributed by atoms with Crippen LogP contribution in [-0.2, 0) is 28.7 Å². The number of nitrogens with two attached hydrogens (primary N) is 1. The topological polar surface area (TPSA) is 153 Å². The molecule has 1 saturated heterocycles. The highest BCUT2D eigenvalue weighted by molar-refractivity contribution is 7.33. The lowest BCUT2D eigenvalue weighted by atomic mass is 9.80. The van der Waals surface area contributed by atoms with Crippen molar-refractivity contribution >= 4 is 8.25 Å². The Kier molecular flexibility index (Phi) is 11.4. The molecule has 4 atom stereocenters. The molecule has 1 unspecified atom stereocenters. The van der Waals surface area contributed by atoms with Gasteiger partial charge in [0.15, 0.2) is 0 Å². The van der Waals surface area contributed by atoms with Gasteiger partial charge in [-0.3, -0.25) is 14.3 Å². The van der Waals surface area contributed by atoms with E-state index in [2.05, 4.69) is 4.98 Å². The van der Waals surface area contributed by atoms with Crippen LogP contribution in [0, 0.1) is 6.92 Å². The van der Waals surface area contributed by atoms with E-state index < -0.39 is 43.5 Å². The van der Waals surface area contributed by atoms with E-state index in [4.69, 9.17) is 33.7 Å². The molecule has 0 saturated carbocycles. The summed E-state index contributed by atoms with van der Waals surface area (Å²) in [6.45, 7) is 2.09. The average Bonchev–Trinajstić information content (AvgIpc) is 3.49. The summed E-state index contributed by atoms with van der Waals surface area (Å²) in [6, 6.07) is 25.0. The van der Waals surface area contributed by atoms with Crippen LogP contribution in [0.1, 0.15) is 41.3 Å². The van der Waals surface area contributed by atoms with Crippen LogP contribution in [-0.4, -0.2) is 55.7 Å². The molecule has 248 valence electrons. The summed E-state index contributed by atoms with van der Waals surface area (Å²) in [5.41, 5.74) is 6.07. The van der Waals surface area contributed by atoms with Gasteiger partial charge < -0.3 is 24.7 Å². The van der Waals surface area contributed by atoms with E-state index in [0.29, 0.717) is 30.0 Å². The number of H-pyrrole nitrogens is 1. The monoisotopic (exact) mass is 664 g/mol. The van der Waals surface area contributed by atoms with Crippen LogP contribution in [0.3, 0.4) is 0 Å². The van der Waals surface area contributed by atoms with Gasteiger partial charge in [-0.2, -0.15) is 0 Å². The first kappa shape index (κ1) is 34.2. The maximum Gasteiger partial charge on any atom is 0.697 e. The van der Waals surface area contributed by atoms with Gasteiger partial charge in [-0.15, -0.1) is 9.05 Å². The molecule has 4 aromatic rings. The molecule has 47 heavy (non-hydrogen) atoms. The average molecular weight is 665 g/mol. The molecule has 0 spiro atoms. The first-order valence-electron chi connectivity index (χ1n) is 15.2. The van der Waals surface area contributed by atoms with Crippen molar-refractivity contribution in [1.29, 1.82) is 0 Å². The highest BCUT2D eigenvalue weighted by Gasteiger charge is 2.46. The van der Waals surface area contributed by atoms with Gasteiger partial charge >= 0.3 is 13.9 Å². The number of aromatic nitrogens is 2. The van der Waals surface area contributed by atoms with Gasteiger partial charge in [-0.1, -0.05) is 54.6 Å². The van der Waals surface area contributed by atoms with Gasteiger partial charge in [0.05, 0.1) is 20.8 Å². The molecule has 12 nitrogen and oxygen atoms in total. The van der Waals surface area contributed by atoms with Crippen molar-refractivity contribution in [3.8, 4) is 11.5 Å². The fourth-order valence-corrected chi connectivity index (χ4v) is 6.36. The lowest BCUT2D eigenvalue weighted by Crippen LogP contribution is -2.38. The van der Waals surface area contributed by atoms with Crippen molar-refractivity contribution in [3.05, 3.63) is 128 Å². The van der Waals surface area contributed by atoms with E-state index in [-0.39, 0.29) is 19.6 Å². The minimum atomic E-state index is -2.53. The zero-order valence-electron chi connectivity index (χ0n) is 26.5. The lowest BCUT2D eigenvalue weighted by molar-refractivity contribution is -0.0920. The van der Waals surface area contributed by atoms with Crippen molar-refractivity contribution in [3.63, 3.8) is 0 Å². The fourth-order valence-electron chi connectivity index (χ4n) is 5.58. The summed E-state index contributed by atoms with van der Waals surface area (Å²) in [5, 5.41) is 0. The van der Waals surface area contributed by atoms with Crippen LogP contribution in [0.4, 0.5) is 0 Å². The first-order chi connectivity index (χ1) is 22.8. The molecular weight excluding hydrogens is 625 g/mol. The number of hydrogen-bond donors (Lipinski definition) is 2. The molecule has 1 aromatic heterocycles. The Hall–Kier alpha value is -4.16. The van der Waals surface area contributed by atoms with Crippen molar-refractivity contribution in [2.75, 3.05) is 34.0 Å². The zero-order chi connectivity index (χ0) is 33.4. The second kappa shape index (κ2) is 15.6. The quantitative estimate of drug-likeness (QED) is 0.105. The van der Waals surface area contributed by atoms with Gasteiger partial charge in [0, 0.05) is 22.7 Å². The summed E-state index contributed by atoms with van der Waals surface area (Å²) in [7, 11) is 0.676. The number of aromatic amines is 1. The summed E-state index contributed by atoms with van der Waals surface area (Å²) < 4.78 is 49.6. The Bertz CT molecular complexity index is 1700. The third-order valence-electron chi connectivity index (χ3n) is 8.04. The Morgan fingerprint density at radius 3 is 2.11 bits per heavy atom. The maximum atomic E-state index is 12.8. The van der Waals surface area contributed by atoms with Crippen molar-refractivity contribution in [2.24, 2.45) is 5.73 Å². The Labute approximate surface area is 273 Å². The predicted octanol–water partition coefficient (Wildman–Crippen LogP) is 4.57. The molecule has 0 radical (unpaired) electrons. The van der Waals surface area contributed by atoms with Crippen LogP contribution < -0.4 is 26.5 Å². The van der Waals surface area contributed by atoms with E-state index in [9.17, 15) is 14.2 Å². The number of hydrogen-bond acceptors (Lipinski definition) is 10. The molecule has 13 heteroatoms. The molecule has 3 N–H and O–H groups in total. The summed E-state index contributed by atoms with van der Waals surface area (Å²) in [6.07, 6.45) is -0.332. The normalized spacial score (nSPS) is 18.2. The van der Waals surface area contributed by atoms with Gasteiger partial charge in [-0.05, 0) is 60.8 Å². The molecule has 0 bridgehead atoms. The van der Waals surface area contributed by atoms with Crippen LogP contribution in [0.2, 0.25) is 0 Å². The van der Waals surface area contributed by atoms with E-state index in [1.807, 2.05) is 78.9 Å². The molecule has 1 aliphatic heterocycles. The molecular formula is C34H39N3O9P+. The molecule has 1 aliphatic rings. The lowest BCUT2D eigenvalue weighted by Gasteiger charge is -2.37. The number of benzene rings is 3. The molecule has 1 fully saturated rings. The third kappa shape index (κ3) is 7.70. The fraction of sp³-hybridized carbons (Fsp3) is 0.353. The van der Waals surface area contributed by atoms with Crippen LogP contribution in [0.5, 0.6) is 11.5 Å². The predicted molar refractivity (Wildman–Crippen MR) is 175 cm³/mol. The Balaban J connectivity index is 1.55. The molecule has 3 aromatic carbocycles. The van der Waals surface area contributed by atoms with Crippen molar-refractivity contribution < 1.29 is 32.6 Å². The second-order valence-electron chi connectivity index (χ2n) is 11.0. The largest absolute Gasteiger partial charge is 0.697 e. The highest BCUT2D eigenvalue weighted by Crippen LogP contribution is 2.44. The first-order valence-corrected chi connectivity index (χ1v) is 16.3. The van der Waals surface area contributed by atoms with E-state index in [0.717, 1.165) is 16.7 Å². The number of rotatable bonds is 15.